The van der Waals surface area contributed by atoms with E-state index in [1.54, 1.807) is 7.11 Å². The maximum atomic E-state index is 10.4. The molecule has 3 nitrogen and oxygen atoms in total. The summed E-state index contributed by atoms with van der Waals surface area (Å²) in [5, 5.41) is 13.2. The first kappa shape index (κ1) is 13.1. The van der Waals surface area contributed by atoms with Crippen molar-refractivity contribution in [1.29, 1.82) is 0 Å². The van der Waals surface area contributed by atoms with E-state index >= 15 is 0 Å². The molecule has 96 valence electrons. The third-order valence-electron chi connectivity index (χ3n) is 3.12. The molecule has 4 heteroatoms. The number of methoxy groups -OCH3 is 1. The molecule has 1 unspecified atom stereocenters. The fourth-order valence-corrected chi connectivity index (χ4v) is 2.59. The molecule has 2 aromatic rings. The fraction of sp³-hybridized carbons (Fsp3) is 0.357. The summed E-state index contributed by atoms with van der Waals surface area (Å²) in [5.74, 6) is 0.744. The van der Waals surface area contributed by atoms with Crippen LogP contribution >= 0.6 is 11.3 Å². The van der Waals surface area contributed by atoms with E-state index in [1.807, 2.05) is 38.3 Å². The maximum absolute atomic E-state index is 10.4. The van der Waals surface area contributed by atoms with Gasteiger partial charge in [0.1, 0.15) is 11.9 Å². The van der Waals surface area contributed by atoms with Crippen molar-refractivity contribution in [3.8, 4) is 5.75 Å². The van der Waals surface area contributed by atoms with E-state index in [1.165, 1.54) is 11.3 Å². The second-order valence-electron chi connectivity index (χ2n) is 4.32. The normalized spacial score (nSPS) is 12.5. The summed E-state index contributed by atoms with van der Waals surface area (Å²) in [6.45, 7) is 5.95. The molecule has 1 aromatic heterocycles. The zero-order valence-electron chi connectivity index (χ0n) is 11.0. The molecular formula is C14H17NO2S. The third-order valence-corrected chi connectivity index (χ3v) is 3.91. The number of aryl methyl sites for hydroxylation is 2. The smallest absolute Gasteiger partial charge is 0.128 e. The van der Waals surface area contributed by atoms with Gasteiger partial charge in [0.25, 0.3) is 0 Å². The molecule has 0 aliphatic rings. The van der Waals surface area contributed by atoms with Gasteiger partial charge in [-0.2, -0.15) is 0 Å². The number of ether oxygens (including phenoxy) is 1. The van der Waals surface area contributed by atoms with E-state index in [0.29, 0.717) is 5.69 Å². The first-order chi connectivity index (χ1) is 8.54. The number of thiazole rings is 1. The maximum Gasteiger partial charge on any atom is 0.128 e. The van der Waals surface area contributed by atoms with Gasteiger partial charge in [0, 0.05) is 10.9 Å². The second-order valence-corrected chi connectivity index (χ2v) is 5.39. The Bertz CT molecular complexity index is 563. The Morgan fingerprint density at radius 1 is 1.28 bits per heavy atom. The topological polar surface area (TPSA) is 42.4 Å². The lowest BCUT2D eigenvalue weighted by atomic mass is 9.99. The summed E-state index contributed by atoms with van der Waals surface area (Å²) in [6, 6.07) is 3.90. The molecule has 0 saturated carbocycles. The minimum Gasteiger partial charge on any atom is -0.496 e. The van der Waals surface area contributed by atoms with E-state index in [9.17, 15) is 5.11 Å². The number of aliphatic hydroxyl groups is 1. The van der Waals surface area contributed by atoms with Crippen LogP contribution in [0.5, 0.6) is 5.75 Å². The van der Waals surface area contributed by atoms with Crippen LogP contribution in [0.15, 0.2) is 17.5 Å². The van der Waals surface area contributed by atoms with Crippen LogP contribution in [0.2, 0.25) is 0 Å². The van der Waals surface area contributed by atoms with Crippen LogP contribution in [0.25, 0.3) is 0 Å². The quantitative estimate of drug-likeness (QED) is 0.925. The number of nitrogens with zero attached hydrogens (tertiary/aromatic N) is 1. The summed E-state index contributed by atoms with van der Waals surface area (Å²) in [4.78, 5) is 4.33. The lowest BCUT2D eigenvalue weighted by molar-refractivity contribution is 0.210. The van der Waals surface area contributed by atoms with Gasteiger partial charge in [-0.15, -0.1) is 11.3 Å². The van der Waals surface area contributed by atoms with Crippen molar-refractivity contribution in [2.75, 3.05) is 7.11 Å². The van der Waals surface area contributed by atoms with Crippen LogP contribution in [-0.2, 0) is 0 Å². The average Bonchev–Trinajstić information content (AvgIpc) is 2.78. The van der Waals surface area contributed by atoms with Gasteiger partial charge in [-0.1, -0.05) is 12.1 Å². The average molecular weight is 263 g/mol. The molecule has 1 N–H and O–H groups in total. The highest BCUT2D eigenvalue weighted by molar-refractivity contribution is 7.09. The molecule has 0 bridgehead atoms. The molecule has 18 heavy (non-hydrogen) atoms. The van der Waals surface area contributed by atoms with Crippen molar-refractivity contribution < 1.29 is 9.84 Å². The van der Waals surface area contributed by atoms with Gasteiger partial charge in [-0.3, -0.25) is 0 Å². The number of benzene rings is 1. The van der Waals surface area contributed by atoms with Crippen molar-refractivity contribution in [2.24, 2.45) is 0 Å². The fourth-order valence-electron chi connectivity index (χ4n) is 1.96. The Balaban J connectivity index is 2.48. The summed E-state index contributed by atoms with van der Waals surface area (Å²) in [5.41, 5.74) is 3.66. The number of hydrogen-bond acceptors (Lipinski definition) is 4. The zero-order chi connectivity index (χ0) is 13.3. The number of aliphatic hydroxyl groups excluding tert-OH is 1. The Morgan fingerprint density at radius 3 is 2.56 bits per heavy atom. The predicted molar refractivity (Wildman–Crippen MR) is 73.4 cm³/mol. The molecule has 0 fully saturated rings. The van der Waals surface area contributed by atoms with Gasteiger partial charge in [0.05, 0.1) is 17.8 Å². The van der Waals surface area contributed by atoms with Gasteiger partial charge in [0.2, 0.25) is 0 Å². The number of rotatable bonds is 3. The molecule has 0 amide bonds. The standard InChI is InChI=1S/C14H17NO2S/c1-8-5-6-11(14(17-4)9(8)2)13(16)12-7-18-10(3)15-12/h5-7,13,16H,1-4H3. The van der Waals surface area contributed by atoms with E-state index in [4.69, 9.17) is 4.74 Å². The van der Waals surface area contributed by atoms with Crippen LogP contribution in [-0.4, -0.2) is 17.2 Å². The first-order valence-corrected chi connectivity index (χ1v) is 6.66. The molecule has 1 heterocycles. The van der Waals surface area contributed by atoms with Gasteiger partial charge >= 0.3 is 0 Å². The summed E-state index contributed by atoms with van der Waals surface area (Å²) < 4.78 is 5.42. The van der Waals surface area contributed by atoms with Crippen molar-refractivity contribution >= 4 is 11.3 Å². The lowest BCUT2D eigenvalue weighted by Crippen LogP contribution is -2.05. The Labute approximate surface area is 111 Å². The highest BCUT2D eigenvalue weighted by Crippen LogP contribution is 2.34. The molecular weight excluding hydrogens is 246 g/mol. The van der Waals surface area contributed by atoms with E-state index in [2.05, 4.69) is 4.98 Å². The summed E-state index contributed by atoms with van der Waals surface area (Å²) in [6.07, 6.45) is -0.732. The van der Waals surface area contributed by atoms with Crippen LogP contribution in [0.1, 0.15) is 33.5 Å². The van der Waals surface area contributed by atoms with Crippen LogP contribution in [0.4, 0.5) is 0 Å². The Morgan fingerprint density at radius 2 is 2.00 bits per heavy atom. The molecule has 0 aliphatic heterocycles. The van der Waals surface area contributed by atoms with E-state index in [-0.39, 0.29) is 0 Å². The number of hydrogen-bond donors (Lipinski definition) is 1. The highest BCUT2D eigenvalue weighted by Gasteiger charge is 2.19. The van der Waals surface area contributed by atoms with Gasteiger partial charge in [-0.25, -0.2) is 4.98 Å². The van der Waals surface area contributed by atoms with Gasteiger partial charge in [0.15, 0.2) is 0 Å². The monoisotopic (exact) mass is 263 g/mol. The van der Waals surface area contributed by atoms with Crippen molar-refractivity contribution in [1.82, 2.24) is 4.98 Å². The minimum atomic E-state index is -0.732. The summed E-state index contributed by atoms with van der Waals surface area (Å²) in [7, 11) is 1.63. The Hall–Kier alpha value is -1.39. The third kappa shape index (κ3) is 2.26. The van der Waals surface area contributed by atoms with Crippen molar-refractivity contribution in [2.45, 2.75) is 26.9 Å². The van der Waals surface area contributed by atoms with Gasteiger partial charge < -0.3 is 9.84 Å². The second kappa shape index (κ2) is 5.08. The highest BCUT2D eigenvalue weighted by atomic mass is 32.1. The number of aromatic nitrogens is 1. The van der Waals surface area contributed by atoms with Crippen LogP contribution < -0.4 is 4.74 Å². The lowest BCUT2D eigenvalue weighted by Gasteiger charge is -2.16. The largest absolute Gasteiger partial charge is 0.496 e. The first-order valence-electron chi connectivity index (χ1n) is 5.78. The van der Waals surface area contributed by atoms with E-state index in [0.717, 1.165) is 27.4 Å². The van der Waals surface area contributed by atoms with Crippen LogP contribution in [0.3, 0.4) is 0 Å². The molecule has 0 saturated heterocycles. The molecule has 2 rings (SSSR count). The van der Waals surface area contributed by atoms with Crippen molar-refractivity contribution in [3.63, 3.8) is 0 Å². The summed E-state index contributed by atoms with van der Waals surface area (Å²) >= 11 is 1.54. The molecule has 0 spiro atoms. The molecule has 1 atom stereocenters. The van der Waals surface area contributed by atoms with Crippen molar-refractivity contribution in [3.05, 3.63) is 44.9 Å². The zero-order valence-corrected chi connectivity index (χ0v) is 11.8. The SMILES string of the molecule is COc1c(C(O)c2csc(C)n2)ccc(C)c1C. The molecule has 1 aromatic carbocycles. The Kier molecular flexibility index (Phi) is 3.68. The molecule has 0 aliphatic carbocycles. The predicted octanol–water partition coefficient (Wildman–Crippen LogP) is 3.16. The van der Waals surface area contributed by atoms with Gasteiger partial charge in [-0.05, 0) is 31.9 Å². The molecule has 0 radical (unpaired) electrons. The van der Waals surface area contributed by atoms with E-state index < -0.39 is 6.10 Å². The minimum absolute atomic E-state index is 0.680. The van der Waals surface area contributed by atoms with Crippen LogP contribution in [0, 0.1) is 20.8 Å².